The number of carboxylic acids is 1. The average molecular weight is 472 g/mol. The van der Waals surface area contributed by atoms with Crippen LogP contribution < -0.4 is 16.4 Å². The first kappa shape index (κ1) is 25.4. The maximum Gasteiger partial charge on any atom is 0.330 e. The third kappa shape index (κ3) is 8.24. The van der Waals surface area contributed by atoms with E-state index in [-0.39, 0.29) is 6.42 Å². The standard InChI is InChI=1S/C28H29N3O4/c29-23(18-21-12-6-2-7-13-21)26(32)31-25(19-22-14-8-3-9-15-22)27(33)30-24(28(34)35)17-16-20-10-4-1-5-11-20/h1-17,23-25H,18-19,29H2,(H,30,33)(H,31,32)(H,34,35)/b17-16+/t23-,24-,25-/m1/s1. The molecule has 35 heavy (non-hydrogen) atoms. The van der Waals surface area contributed by atoms with Gasteiger partial charge < -0.3 is 21.5 Å². The fourth-order valence-electron chi connectivity index (χ4n) is 3.52. The predicted octanol–water partition coefficient (Wildman–Crippen LogP) is 2.57. The van der Waals surface area contributed by atoms with E-state index in [9.17, 15) is 19.5 Å². The summed E-state index contributed by atoms with van der Waals surface area (Å²) in [5.74, 6) is -2.31. The van der Waals surface area contributed by atoms with E-state index in [2.05, 4.69) is 10.6 Å². The molecule has 0 aromatic heterocycles. The van der Waals surface area contributed by atoms with E-state index < -0.39 is 35.9 Å². The molecular formula is C28H29N3O4. The van der Waals surface area contributed by atoms with E-state index in [4.69, 9.17) is 5.73 Å². The molecule has 3 aromatic carbocycles. The van der Waals surface area contributed by atoms with Gasteiger partial charge >= 0.3 is 5.97 Å². The number of benzene rings is 3. The molecule has 0 saturated heterocycles. The number of amides is 2. The lowest BCUT2D eigenvalue weighted by Gasteiger charge is -2.22. The first-order chi connectivity index (χ1) is 16.9. The van der Waals surface area contributed by atoms with Gasteiger partial charge in [0.15, 0.2) is 0 Å². The summed E-state index contributed by atoms with van der Waals surface area (Å²) in [5, 5.41) is 14.9. The highest BCUT2D eigenvalue weighted by Gasteiger charge is 2.27. The number of aliphatic carboxylic acids is 1. The summed E-state index contributed by atoms with van der Waals surface area (Å²) in [4.78, 5) is 37.8. The van der Waals surface area contributed by atoms with E-state index >= 15 is 0 Å². The Bertz CT molecular complexity index is 1130. The van der Waals surface area contributed by atoms with Gasteiger partial charge in [0.1, 0.15) is 12.1 Å². The zero-order valence-corrected chi connectivity index (χ0v) is 19.2. The lowest BCUT2D eigenvalue weighted by molar-refractivity contribution is -0.140. The van der Waals surface area contributed by atoms with Crippen LogP contribution in [0.15, 0.2) is 97.1 Å². The van der Waals surface area contributed by atoms with Crippen molar-refractivity contribution in [3.05, 3.63) is 114 Å². The van der Waals surface area contributed by atoms with Crippen LogP contribution in [0.5, 0.6) is 0 Å². The number of rotatable bonds is 11. The fraction of sp³-hybridized carbons (Fsp3) is 0.179. The number of nitrogens with one attached hydrogen (secondary N) is 2. The molecule has 0 spiro atoms. The van der Waals surface area contributed by atoms with Gasteiger partial charge in [0.05, 0.1) is 6.04 Å². The van der Waals surface area contributed by atoms with Crippen LogP contribution >= 0.6 is 0 Å². The third-order valence-corrected chi connectivity index (χ3v) is 5.40. The first-order valence-corrected chi connectivity index (χ1v) is 11.3. The molecule has 3 atom stereocenters. The second-order valence-corrected chi connectivity index (χ2v) is 8.14. The van der Waals surface area contributed by atoms with E-state index in [0.717, 1.165) is 16.7 Å². The van der Waals surface area contributed by atoms with Crippen molar-refractivity contribution in [3.8, 4) is 0 Å². The van der Waals surface area contributed by atoms with Gasteiger partial charge in [0.2, 0.25) is 11.8 Å². The van der Waals surface area contributed by atoms with Gasteiger partial charge in [-0.05, 0) is 23.1 Å². The van der Waals surface area contributed by atoms with Crippen molar-refractivity contribution in [2.45, 2.75) is 31.0 Å². The Hall–Kier alpha value is -4.23. The Kier molecular flexibility index (Phi) is 9.33. The second kappa shape index (κ2) is 12.9. The van der Waals surface area contributed by atoms with Crippen LogP contribution in [0.25, 0.3) is 6.08 Å². The van der Waals surface area contributed by atoms with Crippen molar-refractivity contribution >= 4 is 23.9 Å². The average Bonchev–Trinajstić information content (AvgIpc) is 2.87. The molecule has 2 amide bonds. The summed E-state index contributed by atoms with van der Waals surface area (Å²) in [6.45, 7) is 0. The Morgan fingerprint density at radius 1 is 0.743 bits per heavy atom. The third-order valence-electron chi connectivity index (χ3n) is 5.40. The SMILES string of the molecule is N[C@H](Cc1ccccc1)C(=O)N[C@H](Cc1ccccc1)C(=O)N[C@H](/C=C/c1ccccc1)C(=O)O. The second-order valence-electron chi connectivity index (χ2n) is 8.14. The Labute approximate surface area is 204 Å². The molecule has 0 fully saturated rings. The molecule has 0 saturated carbocycles. The largest absolute Gasteiger partial charge is 0.479 e. The van der Waals surface area contributed by atoms with E-state index in [1.807, 2.05) is 91.0 Å². The Morgan fingerprint density at radius 2 is 1.26 bits per heavy atom. The van der Waals surface area contributed by atoms with Gasteiger partial charge in [-0.1, -0.05) is 103 Å². The van der Waals surface area contributed by atoms with Crippen LogP contribution in [0.4, 0.5) is 0 Å². The molecule has 0 radical (unpaired) electrons. The summed E-state index contributed by atoms with van der Waals surface area (Å²) in [6.07, 6.45) is 3.52. The zero-order chi connectivity index (χ0) is 25.0. The van der Waals surface area contributed by atoms with Crippen molar-refractivity contribution in [2.24, 2.45) is 5.73 Å². The van der Waals surface area contributed by atoms with Gasteiger partial charge in [-0.25, -0.2) is 4.79 Å². The molecule has 3 rings (SSSR count). The Morgan fingerprint density at radius 3 is 1.80 bits per heavy atom. The highest BCUT2D eigenvalue weighted by Crippen LogP contribution is 2.07. The minimum atomic E-state index is -1.27. The van der Waals surface area contributed by atoms with Crippen molar-refractivity contribution in [1.82, 2.24) is 10.6 Å². The molecule has 0 aliphatic rings. The number of hydrogen-bond acceptors (Lipinski definition) is 4. The molecule has 7 nitrogen and oxygen atoms in total. The quantitative estimate of drug-likeness (QED) is 0.342. The Balaban J connectivity index is 1.73. The molecule has 0 heterocycles. The minimum absolute atomic E-state index is 0.186. The number of carbonyl (C=O) groups excluding carboxylic acids is 2. The lowest BCUT2D eigenvalue weighted by atomic mass is 10.0. The van der Waals surface area contributed by atoms with Crippen LogP contribution in [-0.2, 0) is 27.2 Å². The predicted molar refractivity (Wildman–Crippen MR) is 135 cm³/mol. The molecule has 5 N–H and O–H groups in total. The van der Waals surface area contributed by atoms with Gasteiger partial charge in [0, 0.05) is 6.42 Å². The number of carboxylic acid groups (broad SMARTS) is 1. The van der Waals surface area contributed by atoms with E-state index in [0.29, 0.717) is 6.42 Å². The van der Waals surface area contributed by atoms with Crippen molar-refractivity contribution < 1.29 is 19.5 Å². The molecule has 0 aliphatic heterocycles. The summed E-state index contributed by atoms with van der Waals surface area (Å²) < 4.78 is 0. The number of nitrogens with two attached hydrogens (primary N) is 1. The highest BCUT2D eigenvalue weighted by atomic mass is 16.4. The van der Waals surface area contributed by atoms with Gasteiger partial charge in [-0.2, -0.15) is 0 Å². The molecular weight excluding hydrogens is 442 g/mol. The minimum Gasteiger partial charge on any atom is -0.479 e. The van der Waals surface area contributed by atoms with Gasteiger partial charge in [0.25, 0.3) is 0 Å². The number of carbonyl (C=O) groups is 3. The van der Waals surface area contributed by atoms with Crippen LogP contribution in [0, 0.1) is 0 Å². The van der Waals surface area contributed by atoms with Crippen LogP contribution in [0.1, 0.15) is 16.7 Å². The summed E-state index contributed by atoms with van der Waals surface area (Å²) in [7, 11) is 0. The van der Waals surface area contributed by atoms with Crippen LogP contribution in [0.2, 0.25) is 0 Å². The lowest BCUT2D eigenvalue weighted by Crippen LogP contribution is -2.55. The van der Waals surface area contributed by atoms with Crippen molar-refractivity contribution in [1.29, 1.82) is 0 Å². The fourth-order valence-corrected chi connectivity index (χ4v) is 3.52. The van der Waals surface area contributed by atoms with Crippen molar-refractivity contribution in [3.63, 3.8) is 0 Å². The first-order valence-electron chi connectivity index (χ1n) is 11.3. The van der Waals surface area contributed by atoms with Gasteiger partial charge in [-0.15, -0.1) is 0 Å². The number of hydrogen-bond donors (Lipinski definition) is 4. The highest BCUT2D eigenvalue weighted by molar-refractivity contribution is 5.92. The summed E-state index contributed by atoms with van der Waals surface area (Å²) in [5.41, 5.74) is 8.62. The van der Waals surface area contributed by atoms with Crippen molar-refractivity contribution in [2.75, 3.05) is 0 Å². The molecule has 3 aromatic rings. The summed E-state index contributed by atoms with van der Waals surface area (Å²) in [6, 6.07) is 24.6. The molecule has 7 heteroatoms. The maximum absolute atomic E-state index is 13.1. The topological polar surface area (TPSA) is 122 Å². The van der Waals surface area contributed by atoms with Crippen LogP contribution in [0.3, 0.4) is 0 Å². The molecule has 180 valence electrons. The molecule has 0 unspecified atom stereocenters. The molecule has 0 bridgehead atoms. The van der Waals surface area contributed by atoms with E-state index in [1.54, 1.807) is 6.08 Å². The summed E-state index contributed by atoms with van der Waals surface area (Å²) >= 11 is 0. The van der Waals surface area contributed by atoms with Crippen LogP contribution in [-0.4, -0.2) is 41.0 Å². The van der Waals surface area contributed by atoms with Gasteiger partial charge in [-0.3, -0.25) is 9.59 Å². The maximum atomic E-state index is 13.1. The normalized spacial score (nSPS) is 13.5. The zero-order valence-electron chi connectivity index (χ0n) is 19.2. The van der Waals surface area contributed by atoms with E-state index in [1.165, 1.54) is 6.08 Å². The molecule has 0 aliphatic carbocycles. The smallest absolute Gasteiger partial charge is 0.330 e. The monoisotopic (exact) mass is 471 g/mol.